The summed E-state index contributed by atoms with van der Waals surface area (Å²) in [5, 5.41) is 14.2. The van der Waals surface area contributed by atoms with Crippen molar-refractivity contribution in [3.8, 4) is 16.2 Å². The number of carboxylic acid groups (broad SMARTS) is 1. The topological polar surface area (TPSA) is 125 Å². The summed E-state index contributed by atoms with van der Waals surface area (Å²) in [6.45, 7) is -0.431. The van der Waals surface area contributed by atoms with Crippen molar-refractivity contribution in [2.24, 2.45) is 0 Å². The Labute approximate surface area is 198 Å². The standard InChI is InChI=1S/C24H19N3O6S/c1-33-17-8-6-16(7-9-17)25-21(28)13-27-22(29)19(26-24(27)32)12-18-10-11-20(34-18)14-2-4-15(5-3-14)23(30)31/h2-12H,13H2,1H3,(H,25,28)(H,26,32)(H,30,31)/b19-12-. The van der Waals surface area contributed by atoms with Gasteiger partial charge in [-0.1, -0.05) is 12.1 Å². The third kappa shape index (κ3) is 4.97. The molecular weight excluding hydrogens is 458 g/mol. The highest BCUT2D eigenvalue weighted by molar-refractivity contribution is 7.16. The molecule has 0 atom stereocenters. The molecule has 1 aromatic heterocycles. The first-order valence-corrected chi connectivity index (χ1v) is 10.9. The highest BCUT2D eigenvalue weighted by Crippen LogP contribution is 2.30. The number of carbonyl (C=O) groups excluding carboxylic acids is 3. The number of ether oxygens (including phenoxy) is 1. The number of aromatic carboxylic acids is 1. The zero-order valence-corrected chi connectivity index (χ0v) is 18.7. The van der Waals surface area contributed by atoms with Gasteiger partial charge in [0.1, 0.15) is 18.0 Å². The van der Waals surface area contributed by atoms with Crippen LogP contribution in [0.3, 0.4) is 0 Å². The lowest BCUT2D eigenvalue weighted by Crippen LogP contribution is -2.38. The van der Waals surface area contributed by atoms with Crippen LogP contribution in [-0.4, -0.2) is 47.5 Å². The smallest absolute Gasteiger partial charge is 0.335 e. The van der Waals surface area contributed by atoms with E-state index >= 15 is 0 Å². The number of rotatable bonds is 7. The number of benzene rings is 2. The Hall–Kier alpha value is -4.44. The maximum Gasteiger partial charge on any atom is 0.335 e. The molecule has 0 aliphatic carbocycles. The Kier molecular flexibility index (Phi) is 6.42. The number of amides is 4. The van der Waals surface area contributed by atoms with Gasteiger partial charge in [0.2, 0.25) is 5.91 Å². The Balaban J connectivity index is 1.42. The lowest BCUT2D eigenvalue weighted by atomic mass is 10.1. The molecule has 0 bridgehead atoms. The van der Waals surface area contributed by atoms with Crippen LogP contribution < -0.4 is 15.4 Å². The van der Waals surface area contributed by atoms with E-state index in [1.807, 2.05) is 6.07 Å². The number of carboxylic acids is 1. The SMILES string of the molecule is COc1ccc(NC(=O)CN2C(=O)N/C(=C\c3ccc(-c4ccc(C(=O)O)cc4)s3)C2=O)cc1. The van der Waals surface area contributed by atoms with E-state index in [2.05, 4.69) is 10.6 Å². The number of anilines is 1. The second-order valence-corrected chi connectivity index (χ2v) is 8.36. The number of thiophene rings is 1. The number of methoxy groups -OCH3 is 1. The molecule has 1 saturated heterocycles. The van der Waals surface area contributed by atoms with Gasteiger partial charge in [-0.05, 0) is 60.2 Å². The highest BCUT2D eigenvalue weighted by atomic mass is 32.1. The molecule has 0 unspecified atom stereocenters. The van der Waals surface area contributed by atoms with E-state index in [4.69, 9.17) is 9.84 Å². The third-order valence-electron chi connectivity index (χ3n) is 4.97. The van der Waals surface area contributed by atoms with Gasteiger partial charge in [-0.25, -0.2) is 14.5 Å². The third-order valence-corrected chi connectivity index (χ3v) is 6.05. The number of carbonyl (C=O) groups is 4. The molecule has 172 valence electrons. The van der Waals surface area contributed by atoms with E-state index in [9.17, 15) is 19.2 Å². The summed E-state index contributed by atoms with van der Waals surface area (Å²) >= 11 is 1.37. The summed E-state index contributed by atoms with van der Waals surface area (Å²) in [6, 6.07) is 16.1. The molecule has 0 radical (unpaired) electrons. The fourth-order valence-electron chi connectivity index (χ4n) is 3.24. The van der Waals surface area contributed by atoms with Crippen LogP contribution in [0.2, 0.25) is 0 Å². The molecule has 0 spiro atoms. The summed E-state index contributed by atoms with van der Waals surface area (Å²) in [7, 11) is 1.53. The summed E-state index contributed by atoms with van der Waals surface area (Å²) < 4.78 is 5.07. The van der Waals surface area contributed by atoms with Gasteiger partial charge >= 0.3 is 12.0 Å². The Morgan fingerprint density at radius 2 is 1.76 bits per heavy atom. The summed E-state index contributed by atoms with van der Waals surface area (Å²) in [6.07, 6.45) is 1.54. The van der Waals surface area contributed by atoms with Crippen molar-refractivity contribution in [3.63, 3.8) is 0 Å². The van der Waals surface area contributed by atoms with E-state index in [1.165, 1.54) is 30.6 Å². The second-order valence-electron chi connectivity index (χ2n) is 7.24. The molecule has 3 N–H and O–H groups in total. The number of hydrogen-bond acceptors (Lipinski definition) is 6. The molecule has 34 heavy (non-hydrogen) atoms. The maximum atomic E-state index is 12.7. The Bertz CT molecular complexity index is 1300. The minimum Gasteiger partial charge on any atom is -0.497 e. The van der Waals surface area contributed by atoms with Crippen molar-refractivity contribution < 1.29 is 29.0 Å². The van der Waals surface area contributed by atoms with Crippen LogP contribution in [0, 0.1) is 0 Å². The van der Waals surface area contributed by atoms with Crippen LogP contribution in [0.25, 0.3) is 16.5 Å². The molecule has 1 aliphatic rings. The molecule has 10 heteroatoms. The van der Waals surface area contributed by atoms with Gasteiger partial charge in [0.15, 0.2) is 0 Å². The molecule has 2 aromatic carbocycles. The molecule has 0 saturated carbocycles. The van der Waals surface area contributed by atoms with Crippen molar-refractivity contribution in [2.45, 2.75) is 0 Å². The first-order chi connectivity index (χ1) is 16.3. The van der Waals surface area contributed by atoms with Gasteiger partial charge in [-0.2, -0.15) is 0 Å². The van der Waals surface area contributed by atoms with Crippen LogP contribution in [-0.2, 0) is 9.59 Å². The van der Waals surface area contributed by atoms with E-state index in [0.29, 0.717) is 16.3 Å². The molecule has 1 aliphatic heterocycles. The van der Waals surface area contributed by atoms with Crippen molar-refractivity contribution in [1.29, 1.82) is 0 Å². The van der Waals surface area contributed by atoms with Gasteiger partial charge in [-0.3, -0.25) is 9.59 Å². The van der Waals surface area contributed by atoms with Gasteiger partial charge in [-0.15, -0.1) is 11.3 Å². The van der Waals surface area contributed by atoms with Crippen LogP contribution in [0.4, 0.5) is 10.5 Å². The van der Waals surface area contributed by atoms with E-state index < -0.39 is 30.4 Å². The number of hydrogen-bond donors (Lipinski definition) is 3. The number of imide groups is 1. The molecule has 4 rings (SSSR count). The molecule has 2 heterocycles. The number of urea groups is 1. The van der Waals surface area contributed by atoms with Crippen molar-refractivity contribution in [1.82, 2.24) is 10.2 Å². The lowest BCUT2D eigenvalue weighted by Gasteiger charge is -2.12. The Morgan fingerprint density at radius 3 is 2.41 bits per heavy atom. The van der Waals surface area contributed by atoms with Crippen LogP contribution >= 0.6 is 11.3 Å². The average Bonchev–Trinajstić information content (AvgIpc) is 3.40. The molecule has 4 amide bonds. The normalized spacial score (nSPS) is 14.3. The zero-order chi connectivity index (χ0) is 24.2. The fourth-order valence-corrected chi connectivity index (χ4v) is 4.20. The summed E-state index contributed by atoms with van der Waals surface area (Å²) in [5.41, 5.74) is 1.60. The first kappa shape index (κ1) is 22.7. The number of nitrogens with zero attached hydrogens (tertiary/aromatic N) is 1. The highest BCUT2D eigenvalue weighted by Gasteiger charge is 2.35. The predicted molar refractivity (Wildman–Crippen MR) is 127 cm³/mol. The summed E-state index contributed by atoms with van der Waals surface area (Å²) in [5.74, 6) is -1.48. The minimum atomic E-state index is -0.999. The average molecular weight is 477 g/mol. The van der Waals surface area contributed by atoms with E-state index in [0.717, 1.165) is 15.3 Å². The van der Waals surface area contributed by atoms with Crippen molar-refractivity contribution in [2.75, 3.05) is 19.0 Å². The van der Waals surface area contributed by atoms with Gasteiger partial charge in [0.05, 0.1) is 12.7 Å². The zero-order valence-electron chi connectivity index (χ0n) is 17.9. The second kappa shape index (κ2) is 9.59. The summed E-state index contributed by atoms with van der Waals surface area (Å²) in [4.78, 5) is 50.7. The maximum absolute atomic E-state index is 12.7. The van der Waals surface area contributed by atoms with Crippen molar-refractivity contribution in [3.05, 3.63) is 76.8 Å². The molecule has 1 fully saturated rings. The minimum absolute atomic E-state index is 0.0665. The van der Waals surface area contributed by atoms with Crippen LogP contribution in [0.5, 0.6) is 5.75 Å². The molecular formula is C24H19N3O6S. The van der Waals surface area contributed by atoms with Gasteiger partial charge < -0.3 is 20.5 Å². The monoisotopic (exact) mass is 477 g/mol. The Morgan fingerprint density at radius 1 is 1.06 bits per heavy atom. The molecule has 3 aromatic rings. The number of nitrogens with one attached hydrogen (secondary N) is 2. The first-order valence-electron chi connectivity index (χ1n) is 10.1. The van der Waals surface area contributed by atoms with Crippen molar-refractivity contribution >= 4 is 46.9 Å². The van der Waals surface area contributed by atoms with E-state index in [1.54, 1.807) is 48.5 Å². The quantitative estimate of drug-likeness (QED) is 0.352. The van der Waals surface area contributed by atoms with Gasteiger partial charge in [0, 0.05) is 15.4 Å². The van der Waals surface area contributed by atoms with Gasteiger partial charge in [0.25, 0.3) is 5.91 Å². The largest absolute Gasteiger partial charge is 0.497 e. The molecule has 9 nitrogen and oxygen atoms in total. The predicted octanol–water partition coefficient (Wildman–Crippen LogP) is 3.65. The van der Waals surface area contributed by atoms with Crippen LogP contribution in [0.1, 0.15) is 15.2 Å². The van der Waals surface area contributed by atoms with E-state index in [-0.39, 0.29) is 11.3 Å². The lowest BCUT2D eigenvalue weighted by molar-refractivity contribution is -0.127. The van der Waals surface area contributed by atoms with Crippen LogP contribution in [0.15, 0.2) is 66.4 Å². The fraction of sp³-hybridized carbons (Fsp3) is 0.0833.